The number of nitrogens with one attached hydrogen (secondary N) is 2. The molecule has 0 amide bonds. The lowest BCUT2D eigenvalue weighted by atomic mass is 10.2. The molecule has 0 saturated heterocycles. The largest absolute Gasteiger partial charge is 0.469 e. The van der Waals surface area contributed by atoms with Gasteiger partial charge in [-0.2, -0.15) is 0 Å². The predicted molar refractivity (Wildman–Crippen MR) is 89.1 cm³/mol. The van der Waals surface area contributed by atoms with E-state index >= 15 is 0 Å². The number of aliphatic imine (C=N–C) groups is 1. The first-order chi connectivity index (χ1) is 10.7. The van der Waals surface area contributed by atoms with Gasteiger partial charge in [0.15, 0.2) is 5.96 Å². The van der Waals surface area contributed by atoms with E-state index in [-0.39, 0.29) is 0 Å². The van der Waals surface area contributed by atoms with Gasteiger partial charge in [0.25, 0.3) is 0 Å². The molecule has 1 aliphatic rings. The molecule has 0 bridgehead atoms. The SMILES string of the molecule is COCC(NC(=NCC(C)C)NCCc1ccco1)C1CC1. The Morgan fingerprint density at radius 1 is 1.45 bits per heavy atom. The van der Waals surface area contributed by atoms with Gasteiger partial charge in [0.1, 0.15) is 5.76 Å². The molecule has 0 spiro atoms. The molecule has 0 aliphatic heterocycles. The zero-order valence-electron chi connectivity index (χ0n) is 14.0. The van der Waals surface area contributed by atoms with Gasteiger partial charge in [-0.1, -0.05) is 13.8 Å². The number of methoxy groups -OCH3 is 1. The third kappa shape index (κ3) is 6.10. The van der Waals surface area contributed by atoms with Gasteiger partial charge in [0.2, 0.25) is 0 Å². The Morgan fingerprint density at radius 3 is 2.86 bits per heavy atom. The Labute approximate surface area is 133 Å². The van der Waals surface area contributed by atoms with Crippen molar-refractivity contribution in [1.29, 1.82) is 0 Å². The first kappa shape index (κ1) is 16.9. The minimum Gasteiger partial charge on any atom is -0.469 e. The van der Waals surface area contributed by atoms with Gasteiger partial charge < -0.3 is 19.8 Å². The average Bonchev–Trinajstić information content (AvgIpc) is 3.21. The fraction of sp³-hybridized carbons (Fsp3) is 0.706. The van der Waals surface area contributed by atoms with Gasteiger partial charge in [0.05, 0.1) is 18.9 Å². The van der Waals surface area contributed by atoms with Crippen molar-refractivity contribution < 1.29 is 9.15 Å². The molecule has 1 unspecified atom stereocenters. The summed E-state index contributed by atoms with van der Waals surface area (Å²) >= 11 is 0. The van der Waals surface area contributed by atoms with Crippen LogP contribution in [0, 0.1) is 11.8 Å². The van der Waals surface area contributed by atoms with E-state index in [0.29, 0.717) is 12.0 Å². The predicted octanol–water partition coefficient (Wildman–Crippen LogP) is 2.44. The molecule has 1 fully saturated rings. The lowest BCUT2D eigenvalue weighted by molar-refractivity contribution is 0.165. The van der Waals surface area contributed by atoms with Crippen molar-refractivity contribution >= 4 is 5.96 Å². The van der Waals surface area contributed by atoms with Gasteiger partial charge in [0, 0.05) is 26.6 Å². The molecule has 1 aliphatic carbocycles. The molecule has 124 valence electrons. The monoisotopic (exact) mass is 307 g/mol. The van der Waals surface area contributed by atoms with Crippen LogP contribution in [0.2, 0.25) is 0 Å². The quantitative estimate of drug-likeness (QED) is 0.543. The Balaban J connectivity index is 1.85. The maximum atomic E-state index is 5.36. The van der Waals surface area contributed by atoms with Crippen molar-refractivity contribution in [3.05, 3.63) is 24.2 Å². The van der Waals surface area contributed by atoms with Crippen molar-refractivity contribution in [3.8, 4) is 0 Å². The van der Waals surface area contributed by atoms with Crippen LogP contribution in [0.15, 0.2) is 27.8 Å². The molecule has 0 radical (unpaired) electrons. The van der Waals surface area contributed by atoms with Crippen LogP contribution in [0.1, 0.15) is 32.4 Å². The first-order valence-corrected chi connectivity index (χ1v) is 8.25. The first-order valence-electron chi connectivity index (χ1n) is 8.25. The van der Waals surface area contributed by atoms with Crippen molar-refractivity contribution in [2.75, 3.05) is 26.8 Å². The number of nitrogens with zero attached hydrogens (tertiary/aromatic N) is 1. The summed E-state index contributed by atoms with van der Waals surface area (Å²) in [6.45, 7) is 6.71. The second-order valence-corrected chi connectivity index (χ2v) is 6.38. The molecule has 22 heavy (non-hydrogen) atoms. The maximum absolute atomic E-state index is 5.36. The summed E-state index contributed by atoms with van der Waals surface area (Å²) in [6.07, 6.45) is 5.13. The van der Waals surface area contributed by atoms with Crippen LogP contribution in [-0.2, 0) is 11.2 Å². The fourth-order valence-electron chi connectivity index (χ4n) is 2.33. The van der Waals surface area contributed by atoms with Crippen LogP contribution < -0.4 is 10.6 Å². The number of hydrogen-bond donors (Lipinski definition) is 2. The highest BCUT2D eigenvalue weighted by Gasteiger charge is 2.31. The number of ether oxygens (including phenoxy) is 1. The van der Waals surface area contributed by atoms with E-state index in [9.17, 15) is 0 Å². The van der Waals surface area contributed by atoms with E-state index in [0.717, 1.165) is 43.8 Å². The van der Waals surface area contributed by atoms with Gasteiger partial charge >= 0.3 is 0 Å². The van der Waals surface area contributed by atoms with Crippen molar-refractivity contribution in [3.63, 3.8) is 0 Å². The average molecular weight is 307 g/mol. The topological polar surface area (TPSA) is 58.8 Å². The highest BCUT2D eigenvalue weighted by atomic mass is 16.5. The van der Waals surface area contributed by atoms with Crippen LogP contribution in [0.25, 0.3) is 0 Å². The maximum Gasteiger partial charge on any atom is 0.191 e. The minimum absolute atomic E-state index is 0.354. The molecule has 5 nitrogen and oxygen atoms in total. The third-order valence-electron chi connectivity index (χ3n) is 3.72. The van der Waals surface area contributed by atoms with Gasteiger partial charge in [-0.25, -0.2) is 0 Å². The van der Waals surface area contributed by atoms with Crippen LogP contribution in [0.3, 0.4) is 0 Å². The van der Waals surface area contributed by atoms with Crippen molar-refractivity contribution in [2.45, 2.75) is 39.2 Å². The van der Waals surface area contributed by atoms with Crippen LogP contribution >= 0.6 is 0 Å². The zero-order chi connectivity index (χ0) is 15.8. The Kier molecular flexibility index (Phi) is 6.77. The summed E-state index contributed by atoms with van der Waals surface area (Å²) in [5.41, 5.74) is 0. The lowest BCUT2D eigenvalue weighted by Gasteiger charge is -2.21. The molecule has 1 aromatic rings. The normalized spacial score (nSPS) is 16.8. The molecule has 1 atom stereocenters. The third-order valence-corrected chi connectivity index (χ3v) is 3.72. The standard InChI is InChI=1S/C17H29N3O2/c1-13(2)11-19-17(18-9-8-15-5-4-10-22-15)20-16(12-21-3)14-6-7-14/h4-5,10,13-14,16H,6-9,11-12H2,1-3H3,(H2,18,19,20). The van der Waals surface area contributed by atoms with Gasteiger partial charge in [-0.05, 0) is 36.8 Å². The van der Waals surface area contributed by atoms with Gasteiger partial charge in [-0.3, -0.25) is 4.99 Å². The molecule has 2 N–H and O–H groups in total. The minimum atomic E-state index is 0.354. The second-order valence-electron chi connectivity index (χ2n) is 6.38. The summed E-state index contributed by atoms with van der Waals surface area (Å²) in [5, 5.41) is 6.94. The van der Waals surface area contributed by atoms with Crippen LogP contribution in [0.5, 0.6) is 0 Å². The van der Waals surface area contributed by atoms with Crippen LogP contribution in [0.4, 0.5) is 0 Å². The molecular weight excluding hydrogens is 278 g/mol. The Morgan fingerprint density at radius 2 is 2.27 bits per heavy atom. The smallest absolute Gasteiger partial charge is 0.191 e. The van der Waals surface area contributed by atoms with Crippen LogP contribution in [-0.4, -0.2) is 38.8 Å². The number of guanidine groups is 1. The summed E-state index contributed by atoms with van der Waals surface area (Å²) in [6, 6.07) is 4.27. The highest BCUT2D eigenvalue weighted by molar-refractivity contribution is 5.80. The molecule has 1 saturated carbocycles. The molecule has 5 heteroatoms. The summed E-state index contributed by atoms with van der Waals surface area (Å²) < 4.78 is 10.7. The second kappa shape index (κ2) is 8.83. The highest BCUT2D eigenvalue weighted by Crippen LogP contribution is 2.32. The Bertz CT molecular complexity index is 439. The molecule has 2 rings (SSSR count). The van der Waals surface area contributed by atoms with Crippen molar-refractivity contribution in [2.24, 2.45) is 16.8 Å². The molecule has 1 aromatic heterocycles. The summed E-state index contributed by atoms with van der Waals surface area (Å²) in [7, 11) is 1.76. The lowest BCUT2D eigenvalue weighted by Crippen LogP contribution is -2.47. The summed E-state index contributed by atoms with van der Waals surface area (Å²) in [4.78, 5) is 4.68. The van der Waals surface area contributed by atoms with Crippen molar-refractivity contribution in [1.82, 2.24) is 10.6 Å². The number of rotatable bonds is 9. The zero-order valence-corrected chi connectivity index (χ0v) is 14.0. The number of furan rings is 1. The van der Waals surface area contributed by atoms with E-state index in [4.69, 9.17) is 9.15 Å². The van der Waals surface area contributed by atoms with E-state index in [1.807, 2.05) is 12.1 Å². The molecule has 0 aromatic carbocycles. The number of hydrogen-bond acceptors (Lipinski definition) is 3. The van der Waals surface area contributed by atoms with E-state index in [1.165, 1.54) is 12.8 Å². The molecule has 1 heterocycles. The van der Waals surface area contributed by atoms with Gasteiger partial charge in [-0.15, -0.1) is 0 Å². The Hall–Kier alpha value is -1.49. The van der Waals surface area contributed by atoms with E-state index in [2.05, 4.69) is 29.5 Å². The summed E-state index contributed by atoms with van der Waals surface area (Å²) in [5.74, 6) is 3.14. The molecular formula is C17H29N3O2. The van der Waals surface area contributed by atoms with E-state index < -0.39 is 0 Å². The fourth-order valence-corrected chi connectivity index (χ4v) is 2.33. The van der Waals surface area contributed by atoms with E-state index in [1.54, 1.807) is 13.4 Å².